The van der Waals surface area contributed by atoms with E-state index in [0.29, 0.717) is 30.3 Å². The van der Waals surface area contributed by atoms with Gasteiger partial charge >= 0.3 is 0 Å². The van der Waals surface area contributed by atoms with E-state index in [1.807, 2.05) is 36.4 Å². The highest BCUT2D eigenvalue weighted by atomic mass is 16.5. The van der Waals surface area contributed by atoms with Gasteiger partial charge in [0.05, 0.1) is 19.5 Å². The van der Waals surface area contributed by atoms with Crippen molar-refractivity contribution in [3.63, 3.8) is 0 Å². The van der Waals surface area contributed by atoms with Crippen LogP contribution in [0.4, 0.5) is 0 Å². The van der Waals surface area contributed by atoms with Crippen LogP contribution in [0, 0.1) is 0 Å². The zero-order valence-corrected chi connectivity index (χ0v) is 12.1. The number of ether oxygens (including phenoxy) is 1. The molecule has 1 aromatic carbocycles. The van der Waals surface area contributed by atoms with Gasteiger partial charge in [-0.15, -0.1) is 5.10 Å². The van der Waals surface area contributed by atoms with E-state index in [2.05, 4.69) is 10.3 Å². The van der Waals surface area contributed by atoms with Crippen molar-refractivity contribution in [2.24, 2.45) is 0 Å². The number of hydrogen-bond acceptors (Lipinski definition) is 5. The van der Waals surface area contributed by atoms with E-state index in [4.69, 9.17) is 9.15 Å². The number of nitrogens with zero attached hydrogens (tertiary/aromatic N) is 3. The maximum absolute atomic E-state index is 9.37. The van der Waals surface area contributed by atoms with E-state index in [-0.39, 0.29) is 6.61 Å². The van der Waals surface area contributed by atoms with E-state index in [9.17, 15) is 5.11 Å². The van der Waals surface area contributed by atoms with Gasteiger partial charge in [0.25, 0.3) is 0 Å². The van der Waals surface area contributed by atoms with Gasteiger partial charge in [-0.3, -0.25) is 0 Å². The quantitative estimate of drug-likeness (QED) is 0.679. The third kappa shape index (κ3) is 3.17. The van der Waals surface area contributed by atoms with Crippen LogP contribution in [0.5, 0.6) is 5.75 Å². The number of aliphatic hydroxyl groups is 1. The van der Waals surface area contributed by atoms with Crippen LogP contribution in [0.2, 0.25) is 0 Å². The fourth-order valence-corrected chi connectivity index (χ4v) is 2.22. The average molecular weight is 299 g/mol. The Morgan fingerprint density at radius 1 is 1.14 bits per heavy atom. The Hall–Kier alpha value is -2.60. The average Bonchev–Trinajstić information content (AvgIpc) is 3.21. The van der Waals surface area contributed by atoms with Crippen LogP contribution in [-0.2, 0) is 13.2 Å². The van der Waals surface area contributed by atoms with Crippen molar-refractivity contribution >= 4 is 0 Å². The van der Waals surface area contributed by atoms with Crippen LogP contribution >= 0.6 is 0 Å². The smallest absolute Gasteiger partial charge is 0.153 e. The summed E-state index contributed by atoms with van der Waals surface area (Å²) in [5, 5.41) is 17.4. The molecule has 3 aromatic rings. The van der Waals surface area contributed by atoms with Crippen LogP contribution in [-0.4, -0.2) is 26.7 Å². The molecule has 114 valence electrons. The SMILES string of the molecule is OCc1nnn(CCCOc2ccccc2)c1-c1ccco1. The van der Waals surface area contributed by atoms with Crippen molar-refractivity contribution in [1.29, 1.82) is 0 Å². The lowest BCUT2D eigenvalue weighted by atomic mass is 10.2. The summed E-state index contributed by atoms with van der Waals surface area (Å²) in [5.74, 6) is 1.50. The molecule has 3 rings (SSSR count). The normalized spacial score (nSPS) is 10.8. The number of para-hydroxylation sites is 1. The summed E-state index contributed by atoms with van der Waals surface area (Å²) in [5.41, 5.74) is 1.23. The molecule has 0 saturated heterocycles. The van der Waals surface area contributed by atoms with Crippen molar-refractivity contribution in [3.05, 3.63) is 54.4 Å². The van der Waals surface area contributed by atoms with Gasteiger partial charge in [-0.2, -0.15) is 0 Å². The third-order valence-corrected chi connectivity index (χ3v) is 3.24. The highest BCUT2D eigenvalue weighted by Gasteiger charge is 2.16. The number of rotatable bonds is 7. The lowest BCUT2D eigenvalue weighted by Gasteiger charge is -2.07. The molecule has 2 heterocycles. The van der Waals surface area contributed by atoms with Crippen LogP contribution in [0.3, 0.4) is 0 Å². The van der Waals surface area contributed by atoms with Gasteiger partial charge < -0.3 is 14.3 Å². The minimum absolute atomic E-state index is 0.170. The van der Waals surface area contributed by atoms with Crippen molar-refractivity contribution in [1.82, 2.24) is 15.0 Å². The second-order valence-electron chi connectivity index (χ2n) is 4.76. The highest BCUT2D eigenvalue weighted by molar-refractivity contribution is 5.54. The molecule has 6 nitrogen and oxygen atoms in total. The topological polar surface area (TPSA) is 73.3 Å². The number of aromatic nitrogens is 3. The van der Waals surface area contributed by atoms with Crippen LogP contribution < -0.4 is 4.74 Å². The van der Waals surface area contributed by atoms with E-state index in [1.165, 1.54) is 0 Å². The van der Waals surface area contributed by atoms with Gasteiger partial charge in [0.2, 0.25) is 0 Å². The summed E-state index contributed by atoms with van der Waals surface area (Å²) >= 11 is 0. The second-order valence-corrected chi connectivity index (χ2v) is 4.76. The minimum Gasteiger partial charge on any atom is -0.494 e. The number of aliphatic hydroxyl groups excluding tert-OH is 1. The predicted octanol–water partition coefficient (Wildman–Crippen LogP) is 2.50. The Morgan fingerprint density at radius 3 is 2.73 bits per heavy atom. The standard InChI is InChI=1S/C16H17N3O3/c20-12-14-16(15-8-4-10-22-15)19(18-17-14)9-5-11-21-13-6-2-1-3-7-13/h1-4,6-8,10,20H,5,9,11-12H2. The summed E-state index contributed by atoms with van der Waals surface area (Å²) in [4.78, 5) is 0. The van der Waals surface area contributed by atoms with E-state index in [1.54, 1.807) is 17.0 Å². The molecule has 0 spiro atoms. The molecule has 0 aliphatic carbocycles. The third-order valence-electron chi connectivity index (χ3n) is 3.24. The molecule has 6 heteroatoms. The van der Waals surface area contributed by atoms with Gasteiger partial charge in [-0.1, -0.05) is 23.4 Å². The molecule has 0 atom stereocenters. The molecular weight excluding hydrogens is 282 g/mol. The highest BCUT2D eigenvalue weighted by Crippen LogP contribution is 2.23. The molecule has 0 aliphatic rings. The van der Waals surface area contributed by atoms with E-state index < -0.39 is 0 Å². The summed E-state index contributed by atoms with van der Waals surface area (Å²) in [7, 11) is 0. The summed E-state index contributed by atoms with van der Waals surface area (Å²) in [6.07, 6.45) is 2.36. The van der Waals surface area contributed by atoms with Gasteiger partial charge in [-0.25, -0.2) is 4.68 Å². The van der Waals surface area contributed by atoms with Crippen molar-refractivity contribution < 1.29 is 14.3 Å². The van der Waals surface area contributed by atoms with Gasteiger partial charge in [0.1, 0.15) is 17.1 Å². The van der Waals surface area contributed by atoms with E-state index >= 15 is 0 Å². The second kappa shape index (κ2) is 6.91. The monoisotopic (exact) mass is 299 g/mol. The summed E-state index contributed by atoms with van der Waals surface area (Å²) < 4.78 is 12.8. The zero-order valence-electron chi connectivity index (χ0n) is 12.1. The lowest BCUT2D eigenvalue weighted by Crippen LogP contribution is -2.07. The Bertz CT molecular complexity index is 693. The largest absolute Gasteiger partial charge is 0.494 e. The van der Waals surface area contributed by atoms with Gasteiger partial charge in [0.15, 0.2) is 5.76 Å². The molecule has 0 saturated carbocycles. The molecule has 0 aliphatic heterocycles. The molecule has 2 aromatic heterocycles. The summed E-state index contributed by atoms with van der Waals surface area (Å²) in [6.45, 7) is 1.04. The Kier molecular flexibility index (Phi) is 4.50. The first-order valence-corrected chi connectivity index (χ1v) is 7.13. The molecule has 0 fully saturated rings. The predicted molar refractivity (Wildman–Crippen MR) is 80.2 cm³/mol. The maximum Gasteiger partial charge on any atom is 0.153 e. The molecule has 0 radical (unpaired) electrons. The molecule has 0 bridgehead atoms. The number of hydrogen-bond donors (Lipinski definition) is 1. The van der Waals surface area contributed by atoms with Crippen LogP contribution in [0.25, 0.3) is 11.5 Å². The number of aryl methyl sites for hydroxylation is 1. The zero-order chi connectivity index (χ0) is 15.2. The lowest BCUT2D eigenvalue weighted by molar-refractivity contribution is 0.277. The molecular formula is C16H17N3O3. The van der Waals surface area contributed by atoms with Gasteiger partial charge in [0, 0.05) is 13.0 Å². The first-order chi connectivity index (χ1) is 10.9. The molecule has 22 heavy (non-hydrogen) atoms. The Morgan fingerprint density at radius 2 is 2.00 bits per heavy atom. The first-order valence-electron chi connectivity index (χ1n) is 7.13. The van der Waals surface area contributed by atoms with Crippen molar-refractivity contribution in [2.75, 3.05) is 6.61 Å². The van der Waals surface area contributed by atoms with Crippen molar-refractivity contribution in [2.45, 2.75) is 19.6 Å². The van der Waals surface area contributed by atoms with Crippen LogP contribution in [0.1, 0.15) is 12.1 Å². The number of benzene rings is 1. The van der Waals surface area contributed by atoms with Crippen molar-refractivity contribution in [3.8, 4) is 17.2 Å². The Balaban J connectivity index is 1.62. The maximum atomic E-state index is 9.37. The minimum atomic E-state index is -0.170. The van der Waals surface area contributed by atoms with Gasteiger partial charge in [-0.05, 0) is 24.3 Å². The summed E-state index contributed by atoms with van der Waals surface area (Å²) in [6, 6.07) is 13.3. The Labute approximate surface area is 128 Å². The number of furan rings is 1. The fraction of sp³-hybridized carbons (Fsp3) is 0.250. The fourth-order valence-electron chi connectivity index (χ4n) is 2.22. The first kappa shape index (κ1) is 14.3. The molecule has 0 amide bonds. The van der Waals surface area contributed by atoms with E-state index in [0.717, 1.165) is 12.2 Å². The molecule has 1 N–H and O–H groups in total. The van der Waals surface area contributed by atoms with Crippen LogP contribution in [0.15, 0.2) is 53.1 Å². The molecule has 0 unspecified atom stereocenters.